The van der Waals surface area contributed by atoms with Crippen LogP contribution in [-0.4, -0.2) is 77.5 Å². The molecule has 1 aromatic carbocycles. The molecule has 1 aromatic heterocycles. The molecule has 1 fully saturated rings. The first-order valence-electron chi connectivity index (χ1n) is 9.20. The number of H-pyrrole nitrogens is 1. The first-order chi connectivity index (χ1) is 13.7. The highest BCUT2D eigenvalue weighted by molar-refractivity contribution is 7.98. The van der Waals surface area contributed by atoms with Crippen molar-refractivity contribution in [3.8, 4) is 0 Å². The zero-order valence-corrected chi connectivity index (χ0v) is 18.0. The molecule has 1 atom stereocenters. The van der Waals surface area contributed by atoms with Crippen molar-refractivity contribution >= 4 is 38.6 Å². The van der Waals surface area contributed by atoms with Crippen molar-refractivity contribution in [1.29, 1.82) is 0 Å². The summed E-state index contributed by atoms with van der Waals surface area (Å²) in [6.07, 6.45) is 3.35. The third-order valence-corrected chi connectivity index (χ3v) is 7.00. The average molecular weight is 441 g/mol. The molecule has 9 nitrogen and oxygen atoms in total. The van der Waals surface area contributed by atoms with Gasteiger partial charge >= 0.3 is 5.69 Å². The molecule has 2 aromatic rings. The normalized spacial score (nSPS) is 16.8. The van der Waals surface area contributed by atoms with E-state index in [4.69, 9.17) is 0 Å². The smallest absolute Gasteiger partial charge is 0.329 e. The first-order valence-corrected chi connectivity index (χ1v) is 12.4. The summed E-state index contributed by atoms with van der Waals surface area (Å²) in [7, 11) is -3.32. The lowest BCUT2D eigenvalue weighted by atomic mass is 10.1. The lowest BCUT2D eigenvalue weighted by molar-refractivity contribution is -0.136. The Morgan fingerprint density at radius 3 is 2.45 bits per heavy atom. The van der Waals surface area contributed by atoms with Crippen molar-refractivity contribution < 1.29 is 13.2 Å². The molecule has 1 N–H and O–H groups in total. The first kappa shape index (κ1) is 21.6. The zero-order chi connectivity index (χ0) is 21.2. The van der Waals surface area contributed by atoms with Crippen LogP contribution in [0.3, 0.4) is 0 Å². The maximum atomic E-state index is 13.2. The number of hydrogen-bond acceptors (Lipinski definition) is 6. The molecule has 2 heterocycles. The second-order valence-corrected chi connectivity index (χ2v) is 9.90. The molecule has 29 heavy (non-hydrogen) atoms. The van der Waals surface area contributed by atoms with E-state index in [1.807, 2.05) is 6.26 Å². The number of fused-ring (bicyclic) bond motifs is 1. The topological polar surface area (TPSA) is 113 Å². The molecule has 1 aliphatic rings. The number of aromatic nitrogens is 2. The molecular formula is C18H24N4O5S2. The van der Waals surface area contributed by atoms with Gasteiger partial charge < -0.3 is 9.88 Å². The number of piperazine rings is 1. The van der Waals surface area contributed by atoms with Crippen LogP contribution in [0, 0.1) is 0 Å². The third kappa shape index (κ3) is 4.57. The molecule has 0 radical (unpaired) electrons. The number of sulfonamides is 1. The van der Waals surface area contributed by atoms with Crippen molar-refractivity contribution in [3.63, 3.8) is 0 Å². The van der Waals surface area contributed by atoms with Crippen LogP contribution in [-0.2, 0) is 14.8 Å². The van der Waals surface area contributed by atoms with E-state index in [2.05, 4.69) is 4.98 Å². The van der Waals surface area contributed by atoms with Crippen molar-refractivity contribution in [2.24, 2.45) is 0 Å². The Morgan fingerprint density at radius 1 is 1.17 bits per heavy atom. The lowest BCUT2D eigenvalue weighted by Crippen LogP contribution is -2.53. The fourth-order valence-electron chi connectivity index (χ4n) is 3.50. The fourth-order valence-corrected chi connectivity index (χ4v) is 4.79. The number of carbonyl (C=O) groups is 1. The van der Waals surface area contributed by atoms with Gasteiger partial charge in [-0.05, 0) is 30.6 Å². The second-order valence-electron chi connectivity index (χ2n) is 6.94. The molecule has 1 aliphatic heterocycles. The van der Waals surface area contributed by atoms with Crippen LogP contribution in [0.5, 0.6) is 0 Å². The van der Waals surface area contributed by atoms with Crippen LogP contribution in [0.4, 0.5) is 0 Å². The van der Waals surface area contributed by atoms with Crippen molar-refractivity contribution in [1.82, 2.24) is 18.8 Å². The molecule has 11 heteroatoms. The Morgan fingerprint density at radius 2 is 1.83 bits per heavy atom. The molecule has 0 unspecified atom stereocenters. The SMILES string of the molecule is CSCC[C@@H](C(=O)N1CCN(S(C)(=O)=O)CC1)n1c(=O)[nH]c2ccccc2c1=O. The van der Waals surface area contributed by atoms with Crippen molar-refractivity contribution in [3.05, 3.63) is 45.1 Å². The standard InChI is InChI=1S/C18H24N4O5S2/c1-28-12-7-15(17(24)20-8-10-21(11-9-20)29(2,26)27)22-16(23)13-5-3-4-6-14(13)19-18(22)25/h3-6,15H,7-12H2,1-2H3,(H,19,25)/t15-/m0/s1. The predicted octanol–water partition coefficient (Wildman–Crippen LogP) is 0.0878. The molecular weight excluding hydrogens is 416 g/mol. The molecule has 1 saturated heterocycles. The number of para-hydroxylation sites is 1. The Labute approximate surface area is 172 Å². The number of thioether (sulfide) groups is 1. The van der Waals surface area contributed by atoms with Crippen LogP contribution in [0.1, 0.15) is 12.5 Å². The Bertz CT molecular complexity index is 1120. The van der Waals surface area contributed by atoms with Crippen LogP contribution in [0.2, 0.25) is 0 Å². The molecule has 0 spiro atoms. The van der Waals surface area contributed by atoms with Crippen LogP contribution in [0.15, 0.2) is 33.9 Å². The van der Waals surface area contributed by atoms with E-state index in [1.54, 1.807) is 24.3 Å². The van der Waals surface area contributed by atoms with E-state index in [1.165, 1.54) is 21.0 Å². The van der Waals surface area contributed by atoms with Gasteiger partial charge in [-0.3, -0.25) is 9.59 Å². The minimum Gasteiger partial charge on any atom is -0.338 e. The van der Waals surface area contributed by atoms with E-state index in [9.17, 15) is 22.8 Å². The quantitative estimate of drug-likeness (QED) is 0.681. The number of hydrogen-bond donors (Lipinski definition) is 1. The van der Waals surface area contributed by atoms with Gasteiger partial charge in [-0.15, -0.1) is 0 Å². The number of aromatic amines is 1. The summed E-state index contributed by atoms with van der Waals surface area (Å²) in [4.78, 5) is 43.1. The number of benzene rings is 1. The van der Waals surface area contributed by atoms with Gasteiger partial charge in [-0.1, -0.05) is 12.1 Å². The summed E-state index contributed by atoms with van der Waals surface area (Å²) < 4.78 is 25.7. The molecule has 158 valence electrons. The summed E-state index contributed by atoms with van der Waals surface area (Å²) in [6.45, 7) is 0.843. The number of amides is 1. The van der Waals surface area contributed by atoms with Crippen molar-refractivity contribution in [2.75, 3.05) is 44.4 Å². The Kier molecular flexibility index (Phi) is 6.49. The summed E-state index contributed by atoms with van der Waals surface area (Å²) in [5.41, 5.74) is -0.696. The average Bonchev–Trinajstić information content (AvgIpc) is 2.69. The highest BCUT2D eigenvalue weighted by atomic mass is 32.2. The van der Waals surface area contributed by atoms with Crippen LogP contribution < -0.4 is 11.2 Å². The minimum absolute atomic E-state index is 0.197. The monoisotopic (exact) mass is 440 g/mol. The molecule has 0 aliphatic carbocycles. The predicted molar refractivity (Wildman–Crippen MR) is 114 cm³/mol. The highest BCUT2D eigenvalue weighted by Crippen LogP contribution is 2.18. The van der Waals surface area contributed by atoms with Crippen molar-refractivity contribution in [2.45, 2.75) is 12.5 Å². The molecule has 0 saturated carbocycles. The summed E-state index contributed by atoms with van der Waals surface area (Å²) in [6, 6.07) is 5.75. The van der Waals surface area contributed by atoms with Gasteiger partial charge in [0.15, 0.2) is 0 Å². The maximum absolute atomic E-state index is 13.2. The number of carbonyl (C=O) groups excluding carboxylic acids is 1. The molecule has 1 amide bonds. The third-order valence-electron chi connectivity index (χ3n) is 5.05. The van der Waals surface area contributed by atoms with E-state index < -0.39 is 27.3 Å². The molecule has 3 rings (SSSR count). The zero-order valence-electron chi connectivity index (χ0n) is 16.3. The number of nitrogens with zero attached hydrogens (tertiary/aromatic N) is 3. The van der Waals surface area contributed by atoms with E-state index >= 15 is 0 Å². The van der Waals surface area contributed by atoms with Gasteiger partial charge in [-0.25, -0.2) is 17.8 Å². The largest absolute Gasteiger partial charge is 0.338 e. The van der Waals surface area contributed by atoms with Crippen LogP contribution >= 0.6 is 11.8 Å². The Balaban J connectivity index is 1.95. The summed E-state index contributed by atoms with van der Waals surface area (Å²) >= 11 is 1.52. The van der Waals surface area contributed by atoms with E-state index in [0.717, 1.165) is 10.8 Å². The van der Waals surface area contributed by atoms with Gasteiger partial charge in [0.1, 0.15) is 6.04 Å². The van der Waals surface area contributed by atoms with Gasteiger partial charge in [-0.2, -0.15) is 16.1 Å². The minimum atomic E-state index is -3.32. The molecule has 0 bridgehead atoms. The van der Waals surface area contributed by atoms with Gasteiger partial charge in [0.05, 0.1) is 17.2 Å². The van der Waals surface area contributed by atoms with Gasteiger partial charge in [0.2, 0.25) is 15.9 Å². The van der Waals surface area contributed by atoms with Crippen LogP contribution in [0.25, 0.3) is 10.9 Å². The highest BCUT2D eigenvalue weighted by Gasteiger charge is 2.32. The van der Waals surface area contributed by atoms with Gasteiger partial charge in [0.25, 0.3) is 5.56 Å². The number of rotatable bonds is 6. The number of nitrogens with one attached hydrogen (secondary N) is 1. The van der Waals surface area contributed by atoms with E-state index in [-0.39, 0.29) is 32.1 Å². The van der Waals surface area contributed by atoms with Gasteiger partial charge in [0, 0.05) is 26.2 Å². The lowest BCUT2D eigenvalue weighted by Gasteiger charge is -2.35. The maximum Gasteiger partial charge on any atom is 0.329 e. The second kappa shape index (κ2) is 8.72. The Hall–Kier alpha value is -2.11. The summed E-state index contributed by atoms with van der Waals surface area (Å²) in [5, 5.41) is 0.343. The fraction of sp³-hybridized carbons (Fsp3) is 0.500. The van der Waals surface area contributed by atoms with E-state index in [0.29, 0.717) is 23.1 Å². The summed E-state index contributed by atoms with van der Waals surface area (Å²) in [5.74, 6) is 0.258.